The molecule has 3 rings (SSSR count). The van der Waals surface area contributed by atoms with Gasteiger partial charge in [-0.25, -0.2) is 4.39 Å². The van der Waals surface area contributed by atoms with Gasteiger partial charge in [-0.2, -0.15) is 0 Å². The van der Waals surface area contributed by atoms with Crippen LogP contribution in [0.5, 0.6) is 0 Å². The molecule has 0 radical (unpaired) electrons. The quantitative estimate of drug-likeness (QED) is 0.349. The number of thioether (sulfide) groups is 1. The molecule has 0 spiro atoms. The van der Waals surface area contributed by atoms with Crippen LogP contribution in [0.4, 0.5) is 10.1 Å². The Bertz CT molecular complexity index is 897. The van der Waals surface area contributed by atoms with Crippen LogP contribution in [0.3, 0.4) is 0 Å². The van der Waals surface area contributed by atoms with E-state index in [4.69, 9.17) is 12.2 Å². The summed E-state index contributed by atoms with van der Waals surface area (Å²) in [5, 5.41) is 4.65. The molecule has 2 heterocycles. The third-order valence-corrected chi connectivity index (χ3v) is 6.28. The van der Waals surface area contributed by atoms with Crippen molar-refractivity contribution in [1.29, 1.82) is 0 Å². The van der Waals surface area contributed by atoms with Crippen LogP contribution in [0.2, 0.25) is 0 Å². The maximum Gasteiger partial charge on any atom is 0.266 e. The number of carbonyl (C=O) groups is 2. The normalized spacial score (nSPS) is 15.5. The molecule has 28 heavy (non-hydrogen) atoms. The molecular weight excluding hydrogens is 415 g/mol. The Morgan fingerprint density at radius 3 is 2.82 bits per heavy atom. The van der Waals surface area contributed by atoms with Crippen molar-refractivity contribution in [2.45, 2.75) is 25.7 Å². The first-order valence-electron chi connectivity index (χ1n) is 8.87. The van der Waals surface area contributed by atoms with Gasteiger partial charge in [0.1, 0.15) is 10.1 Å². The fourth-order valence-corrected chi connectivity index (χ4v) is 4.75. The number of rotatable bonds is 8. The zero-order valence-corrected chi connectivity index (χ0v) is 17.5. The summed E-state index contributed by atoms with van der Waals surface area (Å²) in [5.41, 5.74) is 0.458. The smallest absolute Gasteiger partial charge is 0.266 e. The lowest BCUT2D eigenvalue weighted by Crippen LogP contribution is -2.29. The lowest BCUT2D eigenvalue weighted by molar-refractivity contribution is -0.122. The molecule has 1 N–H and O–H groups in total. The monoisotopic (exact) mass is 434 g/mol. The minimum Gasteiger partial charge on any atom is -0.326 e. The van der Waals surface area contributed by atoms with Gasteiger partial charge < -0.3 is 5.32 Å². The second kappa shape index (κ2) is 9.95. The molecule has 0 atom stereocenters. The number of thiophene rings is 1. The Hall–Kier alpha value is -2.03. The van der Waals surface area contributed by atoms with Crippen molar-refractivity contribution >= 4 is 63.2 Å². The van der Waals surface area contributed by atoms with Crippen LogP contribution in [-0.2, 0) is 9.59 Å². The van der Waals surface area contributed by atoms with E-state index in [0.29, 0.717) is 34.3 Å². The molecule has 0 saturated carbocycles. The average Bonchev–Trinajstić information content (AvgIpc) is 3.25. The number of benzene rings is 1. The molecule has 146 valence electrons. The number of hydrogen-bond acceptors (Lipinski definition) is 5. The van der Waals surface area contributed by atoms with E-state index in [-0.39, 0.29) is 17.6 Å². The number of unbranched alkanes of at least 4 members (excludes halogenated alkanes) is 2. The van der Waals surface area contributed by atoms with Crippen LogP contribution < -0.4 is 5.32 Å². The van der Waals surface area contributed by atoms with Crippen LogP contribution in [0, 0.1) is 5.82 Å². The molecular formula is C20H19FN2O2S3. The Morgan fingerprint density at radius 1 is 1.21 bits per heavy atom. The minimum absolute atomic E-state index is 0.0488. The van der Waals surface area contributed by atoms with Gasteiger partial charge in [0.2, 0.25) is 5.91 Å². The van der Waals surface area contributed by atoms with Crippen LogP contribution in [0.25, 0.3) is 6.08 Å². The molecule has 8 heteroatoms. The largest absolute Gasteiger partial charge is 0.326 e. The highest BCUT2D eigenvalue weighted by Crippen LogP contribution is 2.33. The second-order valence-electron chi connectivity index (χ2n) is 6.22. The molecule has 2 amide bonds. The van der Waals surface area contributed by atoms with E-state index < -0.39 is 0 Å². The minimum atomic E-state index is -0.380. The highest BCUT2D eigenvalue weighted by molar-refractivity contribution is 8.26. The molecule has 1 saturated heterocycles. The third kappa shape index (κ3) is 5.73. The Labute approximate surface area is 176 Å². The van der Waals surface area contributed by atoms with Gasteiger partial charge in [-0.3, -0.25) is 14.5 Å². The lowest BCUT2D eigenvalue weighted by Gasteiger charge is -2.14. The number of hydrogen-bond donors (Lipinski definition) is 1. The summed E-state index contributed by atoms with van der Waals surface area (Å²) in [5.74, 6) is -0.572. The SMILES string of the molecule is O=C(CCCCCN1C(=O)/C(=C\c2cccs2)SC1=S)Nc1cccc(F)c1. The number of nitrogens with zero attached hydrogens (tertiary/aromatic N) is 1. The number of carbonyl (C=O) groups excluding carboxylic acids is 2. The molecule has 1 aromatic carbocycles. The topological polar surface area (TPSA) is 49.4 Å². The molecule has 1 fully saturated rings. The Kier molecular flexibility index (Phi) is 7.36. The van der Waals surface area contributed by atoms with Crippen molar-refractivity contribution in [1.82, 2.24) is 4.90 Å². The summed E-state index contributed by atoms with van der Waals surface area (Å²) in [6, 6.07) is 9.74. The van der Waals surface area contributed by atoms with E-state index in [9.17, 15) is 14.0 Å². The highest BCUT2D eigenvalue weighted by atomic mass is 32.2. The third-order valence-electron chi connectivity index (χ3n) is 4.08. The van der Waals surface area contributed by atoms with E-state index in [2.05, 4.69) is 5.32 Å². The molecule has 0 unspecified atom stereocenters. The first-order valence-corrected chi connectivity index (χ1v) is 11.0. The summed E-state index contributed by atoms with van der Waals surface area (Å²) in [6.07, 6.45) is 4.50. The summed E-state index contributed by atoms with van der Waals surface area (Å²) in [7, 11) is 0. The lowest BCUT2D eigenvalue weighted by atomic mass is 10.1. The average molecular weight is 435 g/mol. The van der Waals surface area contributed by atoms with Crippen molar-refractivity contribution in [3.8, 4) is 0 Å². The predicted molar refractivity (Wildman–Crippen MR) is 118 cm³/mol. The van der Waals surface area contributed by atoms with Gasteiger partial charge in [-0.05, 0) is 48.6 Å². The van der Waals surface area contributed by atoms with Crippen molar-refractivity contribution in [2.75, 3.05) is 11.9 Å². The van der Waals surface area contributed by atoms with Gasteiger partial charge in [0.05, 0.1) is 4.91 Å². The van der Waals surface area contributed by atoms with E-state index in [1.807, 2.05) is 23.6 Å². The van der Waals surface area contributed by atoms with Crippen molar-refractivity contribution in [3.05, 3.63) is 57.4 Å². The van der Waals surface area contributed by atoms with Crippen molar-refractivity contribution < 1.29 is 14.0 Å². The molecule has 1 aliphatic rings. The number of anilines is 1. The predicted octanol–water partition coefficient (Wildman–Crippen LogP) is 5.29. The molecule has 0 bridgehead atoms. The fourth-order valence-electron chi connectivity index (χ4n) is 2.72. The number of thiocarbonyl (C=S) groups is 1. The number of halogens is 1. The summed E-state index contributed by atoms with van der Waals surface area (Å²) in [4.78, 5) is 27.7. The van der Waals surface area contributed by atoms with Gasteiger partial charge in [-0.1, -0.05) is 42.5 Å². The van der Waals surface area contributed by atoms with Gasteiger partial charge in [0, 0.05) is 23.5 Å². The van der Waals surface area contributed by atoms with Gasteiger partial charge >= 0.3 is 0 Å². The van der Waals surface area contributed by atoms with E-state index in [1.54, 1.807) is 28.4 Å². The molecule has 0 aliphatic carbocycles. The molecule has 4 nitrogen and oxygen atoms in total. The number of amides is 2. The molecule has 1 aromatic heterocycles. The molecule has 1 aliphatic heterocycles. The zero-order chi connectivity index (χ0) is 19.9. The fraction of sp³-hybridized carbons (Fsp3) is 0.250. The second-order valence-corrected chi connectivity index (χ2v) is 8.87. The van der Waals surface area contributed by atoms with E-state index in [1.165, 1.54) is 23.9 Å². The first kappa shape index (κ1) is 20.7. The summed E-state index contributed by atoms with van der Waals surface area (Å²) < 4.78 is 13.7. The maximum atomic E-state index is 13.1. The van der Waals surface area contributed by atoms with Crippen molar-refractivity contribution in [3.63, 3.8) is 0 Å². The van der Waals surface area contributed by atoms with Gasteiger partial charge in [0.15, 0.2) is 0 Å². The Balaban J connectivity index is 1.38. The van der Waals surface area contributed by atoms with E-state index >= 15 is 0 Å². The first-order chi connectivity index (χ1) is 13.5. The highest BCUT2D eigenvalue weighted by Gasteiger charge is 2.31. The van der Waals surface area contributed by atoms with Gasteiger partial charge in [0.25, 0.3) is 5.91 Å². The van der Waals surface area contributed by atoms with Crippen LogP contribution in [0.1, 0.15) is 30.6 Å². The van der Waals surface area contributed by atoms with Crippen LogP contribution in [0.15, 0.2) is 46.7 Å². The summed E-state index contributed by atoms with van der Waals surface area (Å²) >= 11 is 8.24. The zero-order valence-electron chi connectivity index (χ0n) is 15.0. The van der Waals surface area contributed by atoms with E-state index in [0.717, 1.165) is 17.7 Å². The Morgan fingerprint density at radius 2 is 2.07 bits per heavy atom. The van der Waals surface area contributed by atoms with Crippen molar-refractivity contribution in [2.24, 2.45) is 0 Å². The molecule has 2 aromatic rings. The standard InChI is InChI=1S/C20H19FN2O2S3/c21-14-6-4-7-15(12-14)22-18(24)9-2-1-3-10-23-19(25)17(28-20(23)26)13-16-8-5-11-27-16/h4-8,11-13H,1-3,9-10H2,(H,22,24)/b17-13+. The van der Waals surface area contributed by atoms with Crippen LogP contribution >= 0.6 is 35.3 Å². The maximum absolute atomic E-state index is 13.1. The number of nitrogens with one attached hydrogen (secondary N) is 1. The van der Waals surface area contributed by atoms with Gasteiger partial charge in [-0.15, -0.1) is 11.3 Å². The van der Waals surface area contributed by atoms with Crippen LogP contribution in [-0.4, -0.2) is 27.6 Å². The summed E-state index contributed by atoms with van der Waals surface area (Å²) in [6.45, 7) is 0.554.